The highest BCUT2D eigenvalue weighted by molar-refractivity contribution is 9.11. The number of nitrogens with zero attached hydrogens (tertiary/aromatic N) is 2. The Morgan fingerprint density at radius 2 is 2.00 bits per heavy atom. The van der Waals surface area contributed by atoms with Gasteiger partial charge in [-0.2, -0.15) is 0 Å². The molecule has 0 saturated heterocycles. The second kappa shape index (κ2) is 7.13. The van der Waals surface area contributed by atoms with Crippen LogP contribution in [0.5, 0.6) is 5.75 Å². The minimum atomic E-state index is 0.657. The predicted octanol–water partition coefficient (Wildman–Crippen LogP) is 4.29. The molecule has 21 heavy (non-hydrogen) atoms. The molecule has 1 heterocycles. The van der Waals surface area contributed by atoms with Crippen LogP contribution in [0.3, 0.4) is 0 Å². The first-order valence-electron chi connectivity index (χ1n) is 6.40. The van der Waals surface area contributed by atoms with Crippen LogP contribution in [0.25, 0.3) is 0 Å². The minimum absolute atomic E-state index is 0.657. The molecule has 0 spiro atoms. The Balaban J connectivity index is 2.12. The van der Waals surface area contributed by atoms with Crippen LogP contribution in [0, 0.1) is 0 Å². The van der Waals surface area contributed by atoms with Crippen LogP contribution in [-0.2, 0) is 6.54 Å². The van der Waals surface area contributed by atoms with Crippen molar-refractivity contribution in [2.75, 3.05) is 31.4 Å². The summed E-state index contributed by atoms with van der Waals surface area (Å²) in [5.74, 6) is 1.77. The molecule has 0 bridgehead atoms. The molecule has 1 N–H and O–H groups in total. The van der Waals surface area contributed by atoms with Crippen molar-refractivity contribution in [2.24, 2.45) is 0 Å². The van der Waals surface area contributed by atoms with Gasteiger partial charge in [0, 0.05) is 30.7 Å². The molecular weight excluding hydrogens is 398 g/mol. The molecule has 2 aromatic rings. The van der Waals surface area contributed by atoms with Gasteiger partial charge in [0.05, 0.1) is 23.5 Å². The lowest BCUT2D eigenvalue weighted by molar-refractivity contribution is 0.407. The van der Waals surface area contributed by atoms with Gasteiger partial charge in [-0.05, 0) is 40.2 Å². The van der Waals surface area contributed by atoms with E-state index in [2.05, 4.69) is 42.2 Å². The largest absolute Gasteiger partial charge is 0.495 e. The second-order valence-electron chi connectivity index (χ2n) is 4.73. The Bertz CT molecular complexity index is 615. The van der Waals surface area contributed by atoms with E-state index in [0.717, 1.165) is 31.8 Å². The van der Waals surface area contributed by atoms with E-state index >= 15 is 0 Å². The van der Waals surface area contributed by atoms with Gasteiger partial charge in [-0.15, -0.1) is 0 Å². The molecule has 1 aromatic heterocycles. The topological polar surface area (TPSA) is 37.4 Å². The van der Waals surface area contributed by atoms with Crippen molar-refractivity contribution in [1.29, 1.82) is 0 Å². The van der Waals surface area contributed by atoms with Crippen molar-refractivity contribution >= 4 is 43.4 Å². The Labute approximate surface area is 141 Å². The minimum Gasteiger partial charge on any atom is -0.495 e. The van der Waals surface area contributed by atoms with Crippen molar-refractivity contribution in [3.8, 4) is 5.75 Å². The number of benzene rings is 1. The lowest BCUT2D eigenvalue weighted by Gasteiger charge is -2.14. The van der Waals surface area contributed by atoms with Crippen molar-refractivity contribution in [1.82, 2.24) is 4.98 Å². The van der Waals surface area contributed by atoms with E-state index < -0.39 is 0 Å². The van der Waals surface area contributed by atoms with E-state index in [1.54, 1.807) is 7.11 Å². The lowest BCUT2D eigenvalue weighted by atomic mass is 10.2. The van der Waals surface area contributed by atoms with Crippen LogP contribution in [0.15, 0.2) is 39.4 Å². The summed E-state index contributed by atoms with van der Waals surface area (Å²) in [6, 6.07) is 8.01. The van der Waals surface area contributed by atoms with Gasteiger partial charge in [0.1, 0.15) is 11.6 Å². The first kappa shape index (κ1) is 16.1. The molecule has 0 amide bonds. The Hall–Kier alpha value is -1.27. The zero-order valence-electron chi connectivity index (χ0n) is 12.2. The molecule has 0 aliphatic rings. The Kier molecular flexibility index (Phi) is 5.47. The van der Waals surface area contributed by atoms with Gasteiger partial charge >= 0.3 is 0 Å². The zero-order valence-corrected chi connectivity index (χ0v) is 15.3. The highest BCUT2D eigenvalue weighted by Crippen LogP contribution is 2.33. The molecule has 1 aromatic carbocycles. The number of rotatable bonds is 5. The third-order valence-electron chi connectivity index (χ3n) is 2.98. The molecule has 0 aliphatic heterocycles. The fourth-order valence-corrected chi connectivity index (χ4v) is 3.40. The van der Waals surface area contributed by atoms with Gasteiger partial charge in [0.25, 0.3) is 0 Å². The van der Waals surface area contributed by atoms with Crippen molar-refractivity contribution in [2.45, 2.75) is 6.54 Å². The van der Waals surface area contributed by atoms with Crippen LogP contribution in [0.1, 0.15) is 5.56 Å². The number of nitrogens with one attached hydrogen (secondary N) is 1. The predicted molar refractivity (Wildman–Crippen MR) is 94.3 cm³/mol. The van der Waals surface area contributed by atoms with E-state index in [1.165, 1.54) is 0 Å². The van der Waals surface area contributed by atoms with Crippen LogP contribution < -0.4 is 15.0 Å². The van der Waals surface area contributed by atoms with E-state index in [1.807, 2.05) is 49.5 Å². The van der Waals surface area contributed by atoms with Gasteiger partial charge in [0.15, 0.2) is 0 Å². The molecule has 0 atom stereocenters. The SMILES string of the molecule is COc1c(Br)cc(Br)cc1CNc1ccc(N(C)C)nc1. The first-order chi connectivity index (χ1) is 10.0. The maximum atomic E-state index is 5.44. The van der Waals surface area contributed by atoms with Gasteiger partial charge in [-0.1, -0.05) is 15.9 Å². The van der Waals surface area contributed by atoms with E-state index in [4.69, 9.17) is 4.74 Å². The van der Waals surface area contributed by atoms with E-state index in [9.17, 15) is 0 Å². The summed E-state index contributed by atoms with van der Waals surface area (Å²) in [5.41, 5.74) is 2.04. The molecule has 0 unspecified atom stereocenters. The first-order valence-corrected chi connectivity index (χ1v) is 7.99. The number of hydrogen-bond acceptors (Lipinski definition) is 4. The van der Waals surface area contributed by atoms with Gasteiger partial charge in [-0.3, -0.25) is 0 Å². The fraction of sp³-hybridized carbons (Fsp3) is 0.267. The van der Waals surface area contributed by atoms with Gasteiger partial charge in [-0.25, -0.2) is 4.98 Å². The van der Waals surface area contributed by atoms with E-state index in [0.29, 0.717) is 6.54 Å². The molecule has 4 nitrogen and oxygen atoms in total. The third kappa shape index (κ3) is 4.11. The van der Waals surface area contributed by atoms with Crippen molar-refractivity contribution in [3.63, 3.8) is 0 Å². The molecule has 6 heteroatoms. The van der Waals surface area contributed by atoms with Crippen LogP contribution in [-0.4, -0.2) is 26.2 Å². The number of hydrogen-bond donors (Lipinski definition) is 1. The maximum absolute atomic E-state index is 5.44. The maximum Gasteiger partial charge on any atom is 0.138 e. The van der Waals surface area contributed by atoms with Crippen LogP contribution in [0.4, 0.5) is 11.5 Å². The third-order valence-corrected chi connectivity index (χ3v) is 4.03. The molecule has 0 saturated carbocycles. The smallest absolute Gasteiger partial charge is 0.138 e. The quantitative estimate of drug-likeness (QED) is 0.791. The number of ether oxygens (including phenoxy) is 1. The molecule has 112 valence electrons. The Morgan fingerprint density at radius 1 is 1.24 bits per heavy atom. The number of anilines is 2. The summed E-state index contributed by atoms with van der Waals surface area (Å²) < 4.78 is 7.38. The standard InChI is InChI=1S/C15H17Br2N3O/c1-20(2)14-5-4-12(9-19-14)18-8-10-6-11(16)7-13(17)15(10)21-3/h4-7,9,18H,8H2,1-3H3. The van der Waals surface area contributed by atoms with Crippen LogP contribution in [0.2, 0.25) is 0 Å². The van der Waals surface area contributed by atoms with Crippen molar-refractivity contribution < 1.29 is 4.74 Å². The highest BCUT2D eigenvalue weighted by atomic mass is 79.9. The number of methoxy groups -OCH3 is 1. The van der Waals surface area contributed by atoms with Gasteiger partial charge < -0.3 is 15.0 Å². The monoisotopic (exact) mass is 413 g/mol. The lowest BCUT2D eigenvalue weighted by Crippen LogP contribution is -2.10. The normalized spacial score (nSPS) is 10.3. The second-order valence-corrected chi connectivity index (χ2v) is 6.50. The summed E-state index contributed by atoms with van der Waals surface area (Å²) in [5, 5.41) is 3.35. The summed E-state index contributed by atoms with van der Waals surface area (Å²) in [7, 11) is 5.61. The van der Waals surface area contributed by atoms with Crippen LogP contribution >= 0.6 is 31.9 Å². The molecule has 0 radical (unpaired) electrons. The number of pyridine rings is 1. The molecule has 0 fully saturated rings. The molecular formula is C15H17Br2N3O. The summed E-state index contributed by atoms with van der Waals surface area (Å²) in [4.78, 5) is 6.35. The summed E-state index contributed by atoms with van der Waals surface area (Å²) in [6.45, 7) is 0.657. The van der Waals surface area contributed by atoms with E-state index in [-0.39, 0.29) is 0 Å². The number of halogens is 2. The Morgan fingerprint density at radius 3 is 2.57 bits per heavy atom. The average molecular weight is 415 g/mol. The fourth-order valence-electron chi connectivity index (χ4n) is 1.93. The summed E-state index contributed by atoms with van der Waals surface area (Å²) >= 11 is 7.01. The van der Waals surface area contributed by atoms with Gasteiger partial charge in [0.2, 0.25) is 0 Å². The highest BCUT2D eigenvalue weighted by Gasteiger charge is 2.09. The van der Waals surface area contributed by atoms with Crippen molar-refractivity contribution in [3.05, 3.63) is 45.0 Å². The molecule has 2 rings (SSSR count). The molecule has 0 aliphatic carbocycles. The average Bonchev–Trinajstić information content (AvgIpc) is 2.45. The summed E-state index contributed by atoms with van der Waals surface area (Å²) in [6.07, 6.45) is 1.83. The zero-order chi connectivity index (χ0) is 15.4. The number of aromatic nitrogens is 1.